The van der Waals surface area contributed by atoms with Crippen molar-refractivity contribution in [3.05, 3.63) is 30.1 Å². The van der Waals surface area contributed by atoms with Crippen molar-refractivity contribution in [3.8, 4) is 0 Å². The molecule has 2 nitrogen and oxygen atoms in total. The summed E-state index contributed by atoms with van der Waals surface area (Å²) < 4.78 is 24.6. The van der Waals surface area contributed by atoms with E-state index in [4.69, 9.17) is 5.73 Å². The molecular formula is C11H16FNOS. The lowest BCUT2D eigenvalue weighted by Gasteiger charge is -2.09. The van der Waals surface area contributed by atoms with Crippen LogP contribution in [0.5, 0.6) is 0 Å². The van der Waals surface area contributed by atoms with Crippen LogP contribution < -0.4 is 5.73 Å². The summed E-state index contributed by atoms with van der Waals surface area (Å²) >= 11 is 0. The van der Waals surface area contributed by atoms with E-state index >= 15 is 0 Å². The molecule has 84 valence electrons. The molecule has 0 aromatic heterocycles. The molecule has 4 heteroatoms. The molecule has 0 spiro atoms. The Kier molecular flexibility index (Phi) is 4.91. The van der Waals surface area contributed by atoms with Gasteiger partial charge < -0.3 is 5.73 Å². The highest BCUT2D eigenvalue weighted by Crippen LogP contribution is 2.10. The predicted octanol–water partition coefficient (Wildman–Crippen LogP) is 2.06. The molecule has 1 rings (SSSR count). The van der Waals surface area contributed by atoms with Gasteiger partial charge in [0.15, 0.2) is 0 Å². The monoisotopic (exact) mass is 229 g/mol. The third-order valence-electron chi connectivity index (χ3n) is 2.08. The van der Waals surface area contributed by atoms with Crippen molar-refractivity contribution < 1.29 is 8.60 Å². The van der Waals surface area contributed by atoms with Gasteiger partial charge >= 0.3 is 0 Å². The van der Waals surface area contributed by atoms with Gasteiger partial charge in [0, 0.05) is 16.7 Å². The summed E-state index contributed by atoms with van der Waals surface area (Å²) in [7, 11) is -1.19. The maximum absolute atomic E-state index is 12.8. The number of hydrogen-bond acceptors (Lipinski definition) is 2. The molecule has 0 radical (unpaired) electrons. The van der Waals surface area contributed by atoms with Crippen LogP contribution in [-0.4, -0.2) is 16.0 Å². The summed E-state index contributed by atoms with van der Waals surface area (Å²) in [5.74, 6) is 0.0435. The van der Waals surface area contributed by atoms with Gasteiger partial charge in [-0.1, -0.05) is 19.4 Å². The first kappa shape index (κ1) is 12.3. The molecule has 0 fully saturated rings. The lowest BCUT2D eigenvalue weighted by molar-refractivity contribution is 0.620. The molecule has 15 heavy (non-hydrogen) atoms. The molecule has 2 N–H and O–H groups in total. The number of hydrogen-bond donors (Lipinski definition) is 1. The van der Waals surface area contributed by atoms with Crippen molar-refractivity contribution in [1.82, 2.24) is 0 Å². The Bertz CT molecular complexity index is 343. The van der Waals surface area contributed by atoms with Crippen LogP contribution in [0.2, 0.25) is 0 Å². The van der Waals surface area contributed by atoms with E-state index < -0.39 is 10.8 Å². The normalized spacial score (nSPS) is 14.9. The quantitative estimate of drug-likeness (QED) is 0.839. The average Bonchev–Trinajstić information content (AvgIpc) is 2.18. The molecule has 0 saturated carbocycles. The van der Waals surface area contributed by atoms with Crippen molar-refractivity contribution >= 4 is 10.8 Å². The summed E-state index contributed by atoms with van der Waals surface area (Å²) in [5.41, 5.74) is 5.77. The van der Waals surface area contributed by atoms with Gasteiger partial charge in [0.1, 0.15) is 5.82 Å². The first-order valence-electron chi connectivity index (χ1n) is 5.03. The van der Waals surface area contributed by atoms with Gasteiger partial charge in [-0.25, -0.2) is 4.39 Å². The SMILES string of the molecule is CCCC(N)CS(=O)c1cccc(F)c1. The molecule has 2 atom stereocenters. The van der Waals surface area contributed by atoms with E-state index in [0.717, 1.165) is 12.8 Å². The third-order valence-corrected chi connectivity index (χ3v) is 3.59. The smallest absolute Gasteiger partial charge is 0.124 e. The number of rotatable bonds is 5. The highest BCUT2D eigenvalue weighted by Gasteiger charge is 2.09. The largest absolute Gasteiger partial charge is 0.327 e. The molecule has 0 aliphatic carbocycles. The van der Waals surface area contributed by atoms with E-state index in [1.54, 1.807) is 12.1 Å². The molecule has 0 aliphatic heterocycles. The van der Waals surface area contributed by atoms with Crippen LogP contribution in [0.3, 0.4) is 0 Å². The zero-order valence-electron chi connectivity index (χ0n) is 8.78. The molecule has 0 bridgehead atoms. The lowest BCUT2D eigenvalue weighted by Crippen LogP contribution is -2.26. The molecule has 0 heterocycles. The van der Waals surface area contributed by atoms with Crippen molar-refractivity contribution in [2.75, 3.05) is 5.75 Å². The number of halogens is 1. The Morgan fingerprint density at radius 2 is 2.27 bits per heavy atom. The molecule has 0 aliphatic rings. The molecular weight excluding hydrogens is 213 g/mol. The summed E-state index contributed by atoms with van der Waals surface area (Å²) in [5, 5.41) is 0. The minimum absolute atomic E-state index is 0.0703. The summed E-state index contributed by atoms with van der Waals surface area (Å²) in [6, 6.07) is 5.80. The van der Waals surface area contributed by atoms with Gasteiger partial charge in [-0.2, -0.15) is 0 Å². The highest BCUT2D eigenvalue weighted by molar-refractivity contribution is 7.85. The molecule has 0 saturated heterocycles. The fourth-order valence-corrected chi connectivity index (χ4v) is 2.58. The zero-order chi connectivity index (χ0) is 11.3. The van der Waals surface area contributed by atoms with Crippen LogP contribution in [0.25, 0.3) is 0 Å². The van der Waals surface area contributed by atoms with Gasteiger partial charge in [0.05, 0.1) is 10.8 Å². The van der Waals surface area contributed by atoms with Gasteiger partial charge in [0.25, 0.3) is 0 Å². The summed E-state index contributed by atoms with van der Waals surface area (Å²) in [6.07, 6.45) is 1.82. The topological polar surface area (TPSA) is 43.1 Å². The minimum Gasteiger partial charge on any atom is -0.327 e. The predicted molar refractivity (Wildman–Crippen MR) is 60.6 cm³/mol. The van der Waals surface area contributed by atoms with Crippen molar-refractivity contribution in [1.29, 1.82) is 0 Å². The Morgan fingerprint density at radius 3 is 2.87 bits per heavy atom. The Morgan fingerprint density at radius 1 is 1.53 bits per heavy atom. The maximum Gasteiger partial charge on any atom is 0.124 e. The van der Waals surface area contributed by atoms with Crippen LogP contribution >= 0.6 is 0 Å². The summed E-state index contributed by atoms with van der Waals surface area (Å²) in [6.45, 7) is 2.03. The fraction of sp³-hybridized carbons (Fsp3) is 0.455. The van der Waals surface area contributed by atoms with Crippen LogP contribution in [0.4, 0.5) is 4.39 Å². The van der Waals surface area contributed by atoms with Gasteiger partial charge in [0.2, 0.25) is 0 Å². The Balaban J connectivity index is 2.61. The van der Waals surface area contributed by atoms with E-state index in [2.05, 4.69) is 0 Å². The Labute approximate surface area is 92.1 Å². The van der Waals surface area contributed by atoms with Crippen molar-refractivity contribution in [2.24, 2.45) is 5.73 Å². The first-order chi connectivity index (χ1) is 7.13. The van der Waals surface area contributed by atoms with E-state index in [9.17, 15) is 8.60 Å². The Hall–Kier alpha value is -0.740. The minimum atomic E-state index is -1.19. The summed E-state index contributed by atoms with van der Waals surface area (Å²) in [4.78, 5) is 0.515. The number of nitrogens with two attached hydrogens (primary N) is 1. The van der Waals surface area contributed by atoms with E-state index in [1.165, 1.54) is 12.1 Å². The molecule has 1 aromatic carbocycles. The fourth-order valence-electron chi connectivity index (χ4n) is 1.35. The first-order valence-corrected chi connectivity index (χ1v) is 6.35. The second-order valence-electron chi connectivity index (χ2n) is 3.52. The van der Waals surface area contributed by atoms with E-state index in [1.807, 2.05) is 6.92 Å². The zero-order valence-corrected chi connectivity index (χ0v) is 9.60. The standard InChI is InChI=1S/C11H16FNOS/c1-2-4-10(13)8-15(14)11-6-3-5-9(12)7-11/h3,5-7,10H,2,4,8,13H2,1H3. The van der Waals surface area contributed by atoms with Gasteiger partial charge in [-0.05, 0) is 24.6 Å². The van der Waals surface area contributed by atoms with Crippen LogP contribution in [0, 0.1) is 5.82 Å². The highest BCUT2D eigenvalue weighted by atomic mass is 32.2. The van der Waals surface area contributed by atoms with E-state index in [0.29, 0.717) is 10.6 Å². The van der Waals surface area contributed by atoms with Crippen LogP contribution in [0.1, 0.15) is 19.8 Å². The molecule has 1 aromatic rings. The van der Waals surface area contributed by atoms with Crippen molar-refractivity contribution in [2.45, 2.75) is 30.7 Å². The van der Waals surface area contributed by atoms with Crippen LogP contribution in [-0.2, 0) is 10.8 Å². The second-order valence-corrected chi connectivity index (χ2v) is 5.01. The number of benzene rings is 1. The maximum atomic E-state index is 12.8. The average molecular weight is 229 g/mol. The third kappa shape index (κ3) is 4.10. The van der Waals surface area contributed by atoms with Gasteiger partial charge in [-0.3, -0.25) is 4.21 Å². The van der Waals surface area contributed by atoms with E-state index in [-0.39, 0.29) is 11.9 Å². The lowest BCUT2D eigenvalue weighted by atomic mass is 10.2. The van der Waals surface area contributed by atoms with Gasteiger partial charge in [-0.15, -0.1) is 0 Å². The van der Waals surface area contributed by atoms with Crippen molar-refractivity contribution in [3.63, 3.8) is 0 Å². The second kappa shape index (κ2) is 5.98. The van der Waals surface area contributed by atoms with Crippen LogP contribution in [0.15, 0.2) is 29.2 Å². The molecule has 0 amide bonds. The molecule has 2 unspecified atom stereocenters.